The maximum Gasteiger partial charge on any atom is 0.160 e. The normalized spacial score (nSPS) is 11.3. The van der Waals surface area contributed by atoms with Crippen molar-refractivity contribution in [3.63, 3.8) is 0 Å². The van der Waals surface area contributed by atoms with E-state index < -0.39 is 0 Å². The van der Waals surface area contributed by atoms with Crippen molar-refractivity contribution < 1.29 is 4.79 Å². The lowest BCUT2D eigenvalue weighted by Crippen LogP contribution is -1.92. The van der Waals surface area contributed by atoms with Gasteiger partial charge in [0.2, 0.25) is 0 Å². The maximum atomic E-state index is 10.9. The minimum atomic E-state index is 0.770. The van der Waals surface area contributed by atoms with Crippen molar-refractivity contribution in [2.75, 3.05) is 0 Å². The number of carbonyl (C=O) groups excluding carboxylic acids is 1. The van der Waals surface area contributed by atoms with E-state index in [9.17, 15) is 4.79 Å². The van der Waals surface area contributed by atoms with Crippen molar-refractivity contribution >= 4 is 39.4 Å². The van der Waals surface area contributed by atoms with E-state index in [-0.39, 0.29) is 0 Å². The number of aryl methyl sites for hydroxylation is 1. The van der Waals surface area contributed by atoms with Crippen molar-refractivity contribution in [2.24, 2.45) is 0 Å². The summed E-state index contributed by atoms with van der Waals surface area (Å²) in [4.78, 5) is 12.8. The van der Waals surface area contributed by atoms with Gasteiger partial charge in [0.25, 0.3) is 0 Å². The zero-order valence-electron chi connectivity index (χ0n) is 12.2. The van der Waals surface area contributed by atoms with E-state index >= 15 is 0 Å². The van der Waals surface area contributed by atoms with Gasteiger partial charge in [-0.3, -0.25) is 4.79 Å². The average Bonchev–Trinajstić information content (AvgIpc) is 3.16. The fraction of sp³-hybridized carbons (Fsp3) is 0.105. The number of aromatic nitrogens is 1. The van der Waals surface area contributed by atoms with Crippen LogP contribution in [0.15, 0.2) is 54.6 Å². The topological polar surface area (TPSA) is 22.0 Å². The molecule has 0 amide bonds. The second-order valence-corrected chi connectivity index (χ2v) is 6.43. The van der Waals surface area contributed by atoms with Gasteiger partial charge in [-0.25, -0.2) is 0 Å². The van der Waals surface area contributed by atoms with Crippen LogP contribution in [0.2, 0.25) is 0 Å². The summed E-state index contributed by atoms with van der Waals surface area (Å²) in [5.74, 6) is 0. The summed E-state index contributed by atoms with van der Waals surface area (Å²) in [6.07, 6.45) is 0.912. The Bertz CT molecular complexity index is 993. The number of fused-ring (bicyclic) bond motifs is 3. The zero-order valence-corrected chi connectivity index (χ0v) is 13.1. The molecule has 0 unspecified atom stereocenters. The molecule has 0 aliphatic rings. The van der Waals surface area contributed by atoms with Gasteiger partial charge in [0, 0.05) is 33.2 Å². The first-order valence-corrected chi connectivity index (χ1v) is 8.20. The predicted molar refractivity (Wildman–Crippen MR) is 93.8 cm³/mol. The molecule has 0 saturated heterocycles. The van der Waals surface area contributed by atoms with Crippen molar-refractivity contribution in [1.82, 2.24) is 4.57 Å². The lowest BCUT2D eigenvalue weighted by atomic mass is 10.1. The van der Waals surface area contributed by atoms with Crippen LogP contribution in [-0.4, -0.2) is 10.9 Å². The molecule has 22 heavy (non-hydrogen) atoms. The lowest BCUT2D eigenvalue weighted by Gasteiger charge is -2.03. The summed E-state index contributed by atoms with van der Waals surface area (Å²) in [5, 5.41) is 2.56. The molecule has 0 spiro atoms. The monoisotopic (exact) mass is 305 g/mol. The maximum absolute atomic E-state index is 10.9. The first-order valence-electron chi connectivity index (χ1n) is 7.38. The van der Waals surface area contributed by atoms with Gasteiger partial charge < -0.3 is 4.57 Å². The second kappa shape index (κ2) is 5.11. The van der Waals surface area contributed by atoms with E-state index in [0.29, 0.717) is 0 Å². The van der Waals surface area contributed by atoms with Gasteiger partial charge in [-0.2, -0.15) is 0 Å². The number of hydrogen-bond donors (Lipinski definition) is 0. The van der Waals surface area contributed by atoms with Gasteiger partial charge in [-0.1, -0.05) is 24.3 Å². The summed E-state index contributed by atoms with van der Waals surface area (Å²) in [6, 6.07) is 19.0. The van der Waals surface area contributed by atoms with Crippen molar-refractivity contribution in [3.8, 4) is 10.4 Å². The molecule has 4 aromatic rings. The van der Waals surface area contributed by atoms with Crippen LogP contribution in [-0.2, 0) is 6.54 Å². The summed E-state index contributed by atoms with van der Waals surface area (Å²) in [5.41, 5.74) is 3.71. The van der Waals surface area contributed by atoms with Gasteiger partial charge >= 0.3 is 0 Å². The highest BCUT2D eigenvalue weighted by molar-refractivity contribution is 7.17. The number of nitrogens with zero attached hydrogens (tertiary/aromatic N) is 1. The van der Waals surface area contributed by atoms with Gasteiger partial charge in [-0.15, -0.1) is 11.3 Å². The van der Waals surface area contributed by atoms with Crippen molar-refractivity contribution in [3.05, 3.63) is 59.5 Å². The van der Waals surface area contributed by atoms with E-state index in [1.54, 1.807) is 0 Å². The standard InChI is InChI=1S/C19H15NOS/c1-2-20-17-6-4-3-5-15(17)16-11-13(7-9-18(16)20)19-10-8-14(12-21)22-19/h3-12H,2H2,1H3. The van der Waals surface area contributed by atoms with Crippen LogP contribution in [0.25, 0.3) is 32.2 Å². The van der Waals surface area contributed by atoms with E-state index in [4.69, 9.17) is 0 Å². The highest BCUT2D eigenvalue weighted by Gasteiger charge is 2.11. The van der Waals surface area contributed by atoms with Crippen LogP contribution in [0.5, 0.6) is 0 Å². The smallest absolute Gasteiger partial charge is 0.160 e. The minimum Gasteiger partial charge on any atom is -0.341 e. The molecule has 0 radical (unpaired) electrons. The summed E-state index contributed by atoms with van der Waals surface area (Å²) in [6.45, 7) is 3.13. The molecule has 0 bridgehead atoms. The SMILES string of the molecule is CCn1c2ccccc2c2cc(-c3ccc(C=O)s3)ccc21. The van der Waals surface area contributed by atoms with Crippen LogP contribution in [0.1, 0.15) is 16.6 Å². The molecule has 2 nitrogen and oxygen atoms in total. The van der Waals surface area contributed by atoms with Gasteiger partial charge in [0.05, 0.1) is 4.88 Å². The number of rotatable bonds is 3. The lowest BCUT2D eigenvalue weighted by molar-refractivity contribution is 0.112. The summed E-state index contributed by atoms with van der Waals surface area (Å²) >= 11 is 1.54. The highest BCUT2D eigenvalue weighted by Crippen LogP contribution is 2.34. The third kappa shape index (κ3) is 1.90. The molecule has 0 N–H and O–H groups in total. The number of carbonyl (C=O) groups is 1. The van der Waals surface area contributed by atoms with Gasteiger partial charge in [0.1, 0.15) is 0 Å². The number of aldehydes is 1. The summed E-state index contributed by atoms with van der Waals surface area (Å²) < 4.78 is 2.35. The molecule has 4 rings (SSSR count). The Labute approximate surface area is 132 Å². The first-order chi connectivity index (χ1) is 10.8. The number of thiophene rings is 1. The van der Waals surface area contributed by atoms with E-state index in [1.807, 2.05) is 12.1 Å². The minimum absolute atomic E-state index is 0.770. The molecular formula is C19H15NOS. The van der Waals surface area contributed by atoms with E-state index in [1.165, 1.54) is 38.7 Å². The Morgan fingerprint density at radius 3 is 2.59 bits per heavy atom. The molecule has 0 aliphatic carbocycles. The predicted octanol–water partition coefficient (Wildman–Crippen LogP) is 5.36. The molecule has 2 aromatic heterocycles. The molecule has 2 heterocycles. The number of benzene rings is 2. The average molecular weight is 305 g/mol. The fourth-order valence-electron chi connectivity index (χ4n) is 3.12. The van der Waals surface area contributed by atoms with Gasteiger partial charge in [-0.05, 0) is 42.8 Å². The van der Waals surface area contributed by atoms with E-state index in [0.717, 1.165) is 22.6 Å². The third-order valence-electron chi connectivity index (χ3n) is 4.12. The number of para-hydroxylation sites is 1. The molecule has 3 heteroatoms. The molecule has 108 valence electrons. The molecule has 2 aromatic carbocycles. The fourth-order valence-corrected chi connectivity index (χ4v) is 3.94. The largest absolute Gasteiger partial charge is 0.341 e. The van der Waals surface area contributed by atoms with Crippen LogP contribution < -0.4 is 0 Å². The molecule has 0 saturated carbocycles. The van der Waals surface area contributed by atoms with Crippen LogP contribution in [0.3, 0.4) is 0 Å². The Balaban J connectivity index is 2.01. The first kappa shape index (κ1) is 13.3. The van der Waals surface area contributed by atoms with Crippen LogP contribution in [0, 0.1) is 0 Å². The Morgan fingerprint density at radius 2 is 1.82 bits per heavy atom. The second-order valence-electron chi connectivity index (χ2n) is 5.31. The zero-order chi connectivity index (χ0) is 15.1. The molecular weight excluding hydrogens is 290 g/mol. The molecule has 0 aliphatic heterocycles. The number of hydrogen-bond acceptors (Lipinski definition) is 2. The van der Waals surface area contributed by atoms with Crippen molar-refractivity contribution in [2.45, 2.75) is 13.5 Å². The molecule has 0 atom stereocenters. The Kier molecular flexibility index (Phi) is 3.09. The highest BCUT2D eigenvalue weighted by atomic mass is 32.1. The van der Waals surface area contributed by atoms with E-state index in [2.05, 4.69) is 54.0 Å². The summed E-state index contributed by atoms with van der Waals surface area (Å²) in [7, 11) is 0. The van der Waals surface area contributed by atoms with Crippen molar-refractivity contribution in [1.29, 1.82) is 0 Å². The Hall–Kier alpha value is -2.39. The van der Waals surface area contributed by atoms with Crippen LogP contribution >= 0.6 is 11.3 Å². The third-order valence-corrected chi connectivity index (χ3v) is 5.18. The quantitative estimate of drug-likeness (QED) is 0.467. The molecule has 0 fully saturated rings. The Morgan fingerprint density at radius 1 is 1.00 bits per heavy atom. The van der Waals surface area contributed by atoms with Crippen LogP contribution in [0.4, 0.5) is 0 Å². The van der Waals surface area contributed by atoms with Gasteiger partial charge in [0.15, 0.2) is 6.29 Å².